The molecule has 5 N–H and O–H groups in total. The molecule has 0 unspecified atom stereocenters. The lowest BCUT2D eigenvalue weighted by molar-refractivity contribution is -0.119. The van der Waals surface area contributed by atoms with Crippen molar-refractivity contribution in [1.29, 1.82) is 0 Å². The van der Waals surface area contributed by atoms with Crippen LogP contribution in [0.4, 0.5) is 0 Å². The minimum Gasteiger partial charge on any atom is -0.369 e. The summed E-state index contributed by atoms with van der Waals surface area (Å²) in [4.78, 5) is 46.6. The Kier molecular flexibility index (Phi) is 5.63. The van der Waals surface area contributed by atoms with Crippen molar-refractivity contribution >= 4 is 23.4 Å². The maximum absolute atomic E-state index is 13.2. The van der Waals surface area contributed by atoms with Crippen LogP contribution in [0.2, 0.25) is 0 Å². The lowest BCUT2D eigenvalue weighted by Gasteiger charge is -2.31. The van der Waals surface area contributed by atoms with Crippen LogP contribution < -0.4 is 16.8 Å². The highest BCUT2D eigenvalue weighted by Crippen LogP contribution is 2.21. The predicted octanol–water partition coefficient (Wildman–Crippen LogP) is 0.175. The number of hydrogen-bond acceptors (Lipinski definition) is 6. The van der Waals surface area contributed by atoms with Gasteiger partial charge in [-0.15, -0.1) is 0 Å². The fraction of sp³-hybridized carbons (Fsp3) is 0.286. The first kappa shape index (κ1) is 20.5. The summed E-state index contributed by atoms with van der Waals surface area (Å²) >= 11 is 0. The number of benzene rings is 1. The molecule has 1 aromatic carbocycles. The van der Waals surface area contributed by atoms with E-state index < -0.39 is 5.91 Å². The second-order valence-corrected chi connectivity index (χ2v) is 7.53. The van der Waals surface area contributed by atoms with Gasteiger partial charge in [-0.2, -0.15) is 0 Å². The Morgan fingerprint density at radius 2 is 1.81 bits per heavy atom. The molecular formula is C21H23N7O3. The van der Waals surface area contributed by atoms with Crippen LogP contribution in [-0.2, 0) is 4.79 Å². The second-order valence-electron chi connectivity index (χ2n) is 7.53. The molecule has 3 heterocycles. The van der Waals surface area contributed by atoms with Gasteiger partial charge in [0.15, 0.2) is 11.3 Å². The van der Waals surface area contributed by atoms with Gasteiger partial charge in [-0.1, -0.05) is 30.3 Å². The fourth-order valence-electron chi connectivity index (χ4n) is 3.79. The van der Waals surface area contributed by atoms with Gasteiger partial charge in [0.2, 0.25) is 5.91 Å². The van der Waals surface area contributed by atoms with E-state index >= 15 is 0 Å². The molecule has 160 valence electrons. The number of carbonyl (C=O) groups excluding carboxylic acids is 3. The van der Waals surface area contributed by atoms with Gasteiger partial charge in [0.25, 0.3) is 11.8 Å². The van der Waals surface area contributed by atoms with E-state index in [4.69, 9.17) is 11.5 Å². The fourth-order valence-corrected chi connectivity index (χ4v) is 3.79. The Hall–Kier alpha value is -3.79. The van der Waals surface area contributed by atoms with Gasteiger partial charge in [0, 0.05) is 24.7 Å². The van der Waals surface area contributed by atoms with E-state index in [1.165, 1.54) is 10.7 Å². The molecule has 0 aliphatic carbocycles. The maximum atomic E-state index is 13.2. The summed E-state index contributed by atoms with van der Waals surface area (Å²) in [5, 5.41) is 3.04. The normalized spacial score (nSPS) is 15.1. The Bertz CT molecular complexity index is 1130. The molecule has 3 amide bonds. The zero-order valence-electron chi connectivity index (χ0n) is 16.8. The molecule has 1 saturated heterocycles. The molecule has 0 saturated carbocycles. The van der Waals surface area contributed by atoms with Crippen LogP contribution in [0, 0.1) is 0 Å². The number of fused-ring (bicyclic) bond motifs is 1. The molecule has 3 aromatic rings. The Labute approximate surface area is 178 Å². The van der Waals surface area contributed by atoms with Crippen LogP contribution in [0.5, 0.6) is 0 Å². The highest BCUT2D eigenvalue weighted by molar-refractivity contribution is 5.99. The van der Waals surface area contributed by atoms with Crippen molar-refractivity contribution in [2.24, 2.45) is 11.5 Å². The molecule has 0 bridgehead atoms. The van der Waals surface area contributed by atoms with Crippen molar-refractivity contribution in [2.45, 2.75) is 18.9 Å². The monoisotopic (exact) mass is 421 g/mol. The summed E-state index contributed by atoms with van der Waals surface area (Å²) in [6.45, 7) is 1.56. The van der Waals surface area contributed by atoms with E-state index in [1.807, 2.05) is 35.2 Å². The average Bonchev–Trinajstić information content (AvgIpc) is 3.19. The largest absolute Gasteiger partial charge is 0.369 e. The minimum absolute atomic E-state index is 0.00610. The second kappa shape index (κ2) is 8.52. The van der Waals surface area contributed by atoms with Gasteiger partial charge >= 0.3 is 0 Å². The molecule has 0 spiro atoms. The highest BCUT2D eigenvalue weighted by atomic mass is 16.2. The van der Waals surface area contributed by atoms with E-state index in [2.05, 4.69) is 15.3 Å². The molecule has 1 fully saturated rings. The molecular weight excluding hydrogens is 398 g/mol. The van der Waals surface area contributed by atoms with Crippen LogP contribution in [0.3, 0.4) is 0 Å². The first-order valence-electron chi connectivity index (χ1n) is 9.97. The number of imidazole rings is 1. The van der Waals surface area contributed by atoms with Crippen molar-refractivity contribution in [2.75, 3.05) is 19.6 Å². The van der Waals surface area contributed by atoms with E-state index in [1.54, 1.807) is 6.07 Å². The molecule has 4 rings (SSSR count). The quantitative estimate of drug-likeness (QED) is 0.517. The number of likely N-dealkylation sites (tertiary alicyclic amines) is 1. The third kappa shape index (κ3) is 4.38. The lowest BCUT2D eigenvalue weighted by atomic mass is 10.0. The molecule has 0 radical (unpaired) electrons. The van der Waals surface area contributed by atoms with Crippen molar-refractivity contribution in [1.82, 2.24) is 24.6 Å². The smallest absolute Gasteiger partial charge is 0.271 e. The predicted molar refractivity (Wildman–Crippen MR) is 113 cm³/mol. The molecule has 1 aliphatic heterocycles. The molecule has 2 aromatic heterocycles. The number of nitrogens with one attached hydrogen (secondary N) is 1. The van der Waals surface area contributed by atoms with E-state index in [0.717, 1.165) is 5.56 Å². The third-order valence-electron chi connectivity index (χ3n) is 5.34. The zero-order chi connectivity index (χ0) is 22.0. The number of nitrogens with two attached hydrogens (primary N) is 2. The van der Waals surface area contributed by atoms with Crippen LogP contribution in [0.15, 0.2) is 42.7 Å². The number of aromatic nitrogens is 3. The summed E-state index contributed by atoms with van der Waals surface area (Å²) in [7, 11) is 0. The molecule has 10 heteroatoms. The van der Waals surface area contributed by atoms with Gasteiger partial charge in [-0.3, -0.25) is 23.7 Å². The van der Waals surface area contributed by atoms with Gasteiger partial charge in [0.05, 0.1) is 12.2 Å². The summed E-state index contributed by atoms with van der Waals surface area (Å²) in [6, 6.07) is 11.0. The standard InChI is InChI=1S/C21H23N7O3/c22-17(29)11-27-8-6-14(7-9-27)25-21(31)16-10-15(13-4-2-1-3-5-13)26-20-18(19(23)30)24-12-28(16)20/h1-5,10,12,14H,6-9,11H2,(H2,22,29)(H2,23,30)(H,25,31). The van der Waals surface area contributed by atoms with Crippen LogP contribution >= 0.6 is 0 Å². The minimum atomic E-state index is -0.714. The number of amides is 3. The first-order valence-corrected chi connectivity index (χ1v) is 9.97. The topological polar surface area (TPSA) is 149 Å². The maximum Gasteiger partial charge on any atom is 0.271 e. The van der Waals surface area contributed by atoms with Crippen molar-refractivity contribution in [3.05, 3.63) is 54.1 Å². The molecule has 10 nitrogen and oxygen atoms in total. The summed E-state index contributed by atoms with van der Waals surface area (Å²) in [6.07, 6.45) is 2.78. The molecule has 1 aliphatic rings. The average molecular weight is 421 g/mol. The molecule has 31 heavy (non-hydrogen) atoms. The number of nitrogens with zero attached hydrogens (tertiary/aromatic N) is 4. The van der Waals surface area contributed by atoms with Gasteiger partial charge < -0.3 is 16.8 Å². The number of hydrogen-bond donors (Lipinski definition) is 3. The lowest BCUT2D eigenvalue weighted by Crippen LogP contribution is -2.47. The van der Waals surface area contributed by atoms with E-state index in [0.29, 0.717) is 37.3 Å². The Morgan fingerprint density at radius 1 is 1.10 bits per heavy atom. The zero-order valence-corrected chi connectivity index (χ0v) is 16.8. The van der Waals surface area contributed by atoms with Gasteiger partial charge in [-0.25, -0.2) is 9.97 Å². The number of piperidine rings is 1. The summed E-state index contributed by atoms with van der Waals surface area (Å²) in [5.74, 6) is -1.37. The van der Waals surface area contributed by atoms with Crippen molar-refractivity contribution in [3.8, 4) is 11.3 Å². The Morgan fingerprint density at radius 3 is 2.45 bits per heavy atom. The first-order chi connectivity index (χ1) is 14.9. The van der Waals surface area contributed by atoms with Crippen molar-refractivity contribution < 1.29 is 14.4 Å². The number of primary amides is 2. The van der Waals surface area contributed by atoms with E-state index in [-0.39, 0.29) is 35.7 Å². The third-order valence-corrected chi connectivity index (χ3v) is 5.34. The SMILES string of the molecule is NC(=O)CN1CCC(NC(=O)c2cc(-c3ccccc3)nc3c(C(N)=O)ncn23)CC1. The van der Waals surface area contributed by atoms with Gasteiger partial charge in [0.1, 0.15) is 12.0 Å². The van der Waals surface area contributed by atoms with Crippen LogP contribution in [0.1, 0.15) is 33.8 Å². The summed E-state index contributed by atoms with van der Waals surface area (Å²) in [5.41, 5.74) is 12.6. The van der Waals surface area contributed by atoms with E-state index in [9.17, 15) is 14.4 Å². The summed E-state index contributed by atoms with van der Waals surface area (Å²) < 4.78 is 1.48. The van der Waals surface area contributed by atoms with Gasteiger partial charge in [-0.05, 0) is 18.9 Å². The van der Waals surface area contributed by atoms with Crippen molar-refractivity contribution in [3.63, 3.8) is 0 Å². The van der Waals surface area contributed by atoms with Crippen LogP contribution in [0.25, 0.3) is 16.9 Å². The highest BCUT2D eigenvalue weighted by Gasteiger charge is 2.24. The number of rotatable bonds is 6. The Balaban J connectivity index is 1.62. The molecule has 0 atom stereocenters. The van der Waals surface area contributed by atoms with Crippen LogP contribution in [-0.4, -0.2) is 62.7 Å². The number of carbonyl (C=O) groups is 3.